The molecule has 2 aromatic carbocycles. The number of nitro benzene ring substituents is 1. The van der Waals surface area contributed by atoms with Crippen LogP contribution in [0.5, 0.6) is 11.5 Å². The topological polar surface area (TPSA) is 104 Å². The van der Waals surface area contributed by atoms with Crippen LogP contribution in [0.3, 0.4) is 0 Å². The Kier molecular flexibility index (Phi) is 4.64. The molecule has 1 aliphatic rings. The van der Waals surface area contributed by atoms with E-state index in [0.29, 0.717) is 24.5 Å². The smallest absolute Gasteiger partial charge is 0.340 e. The molecule has 1 saturated heterocycles. The van der Waals surface area contributed by atoms with Gasteiger partial charge in [0.2, 0.25) is 5.75 Å². The summed E-state index contributed by atoms with van der Waals surface area (Å²) < 4.78 is 19.4. The van der Waals surface area contributed by atoms with E-state index in [9.17, 15) is 10.1 Å². The molecule has 0 atom stereocenters. The van der Waals surface area contributed by atoms with Crippen LogP contribution in [-0.4, -0.2) is 45.0 Å². The lowest BCUT2D eigenvalue weighted by atomic mass is 10.1. The molecule has 10 heteroatoms. The Balaban J connectivity index is 1.51. The number of fused-ring (bicyclic) bond motifs is 2. The molecule has 3 heterocycles. The van der Waals surface area contributed by atoms with Gasteiger partial charge in [0.05, 0.1) is 35.4 Å². The summed E-state index contributed by atoms with van der Waals surface area (Å²) in [4.78, 5) is 18.1. The highest BCUT2D eigenvalue weighted by Crippen LogP contribution is 2.38. The molecule has 0 bridgehead atoms. The van der Waals surface area contributed by atoms with Crippen LogP contribution in [0.2, 0.25) is 0 Å². The minimum Gasteiger partial charge on any atom is -0.450 e. The number of hydrogen-bond acceptors (Lipinski definition) is 9. The Labute approximate surface area is 175 Å². The lowest BCUT2D eigenvalue weighted by Crippen LogP contribution is -2.36. The second kappa shape index (κ2) is 7.47. The average molecular weight is 423 g/mol. The highest BCUT2D eigenvalue weighted by Gasteiger charge is 2.23. The Morgan fingerprint density at radius 3 is 2.73 bits per heavy atom. The van der Waals surface area contributed by atoms with Crippen molar-refractivity contribution in [2.75, 3.05) is 31.2 Å². The third-order valence-corrected chi connectivity index (χ3v) is 5.63. The van der Waals surface area contributed by atoms with E-state index in [0.717, 1.165) is 47.1 Å². The standard InChI is InChI=1S/C20H17N5O4S/c1-12-10-18(24-6-8-28-9-7-24)21-15-3-2-13(11-14(12)15)29-17-5-4-16-19(23-30-22-16)20(17)25(26)27/h2-5,10-11H,6-9H2,1H3. The molecule has 9 nitrogen and oxygen atoms in total. The first-order valence-electron chi connectivity index (χ1n) is 9.42. The molecule has 1 aliphatic heterocycles. The van der Waals surface area contributed by atoms with E-state index in [1.165, 1.54) is 0 Å². The highest BCUT2D eigenvalue weighted by atomic mass is 32.1. The van der Waals surface area contributed by atoms with Crippen molar-refractivity contribution in [3.63, 3.8) is 0 Å². The molecule has 0 saturated carbocycles. The number of nitrogens with zero attached hydrogens (tertiary/aromatic N) is 5. The van der Waals surface area contributed by atoms with Crippen molar-refractivity contribution in [3.8, 4) is 11.5 Å². The molecule has 0 aliphatic carbocycles. The van der Waals surface area contributed by atoms with E-state index in [4.69, 9.17) is 14.5 Å². The summed E-state index contributed by atoms with van der Waals surface area (Å²) in [5.41, 5.74) is 2.43. The van der Waals surface area contributed by atoms with Crippen LogP contribution < -0.4 is 9.64 Å². The van der Waals surface area contributed by atoms with Crippen molar-refractivity contribution in [3.05, 3.63) is 52.1 Å². The molecule has 30 heavy (non-hydrogen) atoms. The molecular weight excluding hydrogens is 406 g/mol. The van der Waals surface area contributed by atoms with Gasteiger partial charge in [0.25, 0.3) is 0 Å². The molecule has 5 rings (SSSR count). The predicted molar refractivity (Wildman–Crippen MR) is 114 cm³/mol. The number of hydrogen-bond donors (Lipinski definition) is 0. The van der Waals surface area contributed by atoms with Gasteiger partial charge in [0.1, 0.15) is 17.1 Å². The molecular formula is C20H17N5O4S. The fraction of sp³-hybridized carbons (Fsp3) is 0.250. The molecule has 0 spiro atoms. The van der Waals surface area contributed by atoms with Gasteiger partial charge in [0, 0.05) is 18.5 Å². The first-order chi connectivity index (χ1) is 14.6. The Morgan fingerprint density at radius 2 is 1.93 bits per heavy atom. The number of nitro groups is 1. The molecule has 152 valence electrons. The van der Waals surface area contributed by atoms with Gasteiger partial charge in [-0.05, 0) is 48.9 Å². The molecule has 0 N–H and O–H groups in total. The van der Waals surface area contributed by atoms with Crippen LogP contribution >= 0.6 is 11.7 Å². The summed E-state index contributed by atoms with van der Waals surface area (Å²) in [5, 5.41) is 12.6. The fourth-order valence-corrected chi connectivity index (χ4v) is 4.12. The number of aromatic nitrogens is 3. The van der Waals surface area contributed by atoms with Crippen LogP contribution in [0.4, 0.5) is 11.5 Å². The zero-order valence-corrected chi connectivity index (χ0v) is 16.9. The Hall–Kier alpha value is -3.37. The summed E-state index contributed by atoms with van der Waals surface area (Å²) in [6, 6.07) is 10.8. The monoisotopic (exact) mass is 423 g/mol. The normalized spacial score (nSPS) is 14.4. The Morgan fingerprint density at radius 1 is 1.13 bits per heavy atom. The summed E-state index contributed by atoms with van der Waals surface area (Å²) in [6.07, 6.45) is 0. The summed E-state index contributed by atoms with van der Waals surface area (Å²) in [6.45, 7) is 5.05. The zero-order valence-electron chi connectivity index (χ0n) is 16.1. The van der Waals surface area contributed by atoms with E-state index in [1.807, 2.05) is 25.1 Å². The number of pyridine rings is 1. The molecule has 2 aromatic heterocycles. The minimum absolute atomic E-state index is 0.134. The van der Waals surface area contributed by atoms with Crippen molar-refractivity contribution < 1.29 is 14.4 Å². The number of benzene rings is 2. The van der Waals surface area contributed by atoms with Crippen LogP contribution in [0.1, 0.15) is 5.56 Å². The number of aryl methyl sites for hydroxylation is 1. The van der Waals surface area contributed by atoms with Gasteiger partial charge in [-0.15, -0.1) is 0 Å². The number of morpholine rings is 1. The molecule has 1 fully saturated rings. The third kappa shape index (κ3) is 3.29. The van der Waals surface area contributed by atoms with Crippen molar-refractivity contribution in [2.45, 2.75) is 6.92 Å². The van der Waals surface area contributed by atoms with Gasteiger partial charge in [-0.2, -0.15) is 8.75 Å². The Bertz CT molecular complexity index is 1270. The van der Waals surface area contributed by atoms with Gasteiger partial charge in [0.15, 0.2) is 5.52 Å². The fourth-order valence-electron chi connectivity index (χ4n) is 3.58. The SMILES string of the molecule is Cc1cc(N2CCOCC2)nc2ccc(Oc3ccc4nsnc4c3[N+](=O)[O-])cc12. The predicted octanol–water partition coefficient (Wildman–Crippen LogP) is 4.09. The van der Waals surface area contributed by atoms with Crippen LogP contribution in [0.15, 0.2) is 36.4 Å². The highest BCUT2D eigenvalue weighted by molar-refractivity contribution is 7.00. The van der Waals surface area contributed by atoms with Gasteiger partial charge in [-0.3, -0.25) is 10.1 Å². The van der Waals surface area contributed by atoms with E-state index in [2.05, 4.69) is 13.6 Å². The van der Waals surface area contributed by atoms with Gasteiger partial charge < -0.3 is 14.4 Å². The largest absolute Gasteiger partial charge is 0.450 e. The van der Waals surface area contributed by atoms with E-state index in [-0.39, 0.29) is 17.0 Å². The summed E-state index contributed by atoms with van der Waals surface area (Å²) in [5.74, 6) is 1.56. The maximum absolute atomic E-state index is 11.6. The first kappa shape index (κ1) is 18.6. The zero-order chi connectivity index (χ0) is 20.7. The van der Waals surface area contributed by atoms with Gasteiger partial charge in [-0.1, -0.05) is 0 Å². The van der Waals surface area contributed by atoms with Crippen molar-refractivity contribution in [1.29, 1.82) is 0 Å². The number of anilines is 1. The van der Waals surface area contributed by atoms with E-state index < -0.39 is 4.92 Å². The first-order valence-corrected chi connectivity index (χ1v) is 10.1. The van der Waals surface area contributed by atoms with Crippen molar-refractivity contribution in [2.24, 2.45) is 0 Å². The third-order valence-electron chi connectivity index (χ3n) is 5.08. The van der Waals surface area contributed by atoms with E-state index >= 15 is 0 Å². The van der Waals surface area contributed by atoms with E-state index in [1.54, 1.807) is 18.2 Å². The van der Waals surface area contributed by atoms with Crippen LogP contribution in [0.25, 0.3) is 21.9 Å². The van der Waals surface area contributed by atoms with Crippen molar-refractivity contribution in [1.82, 2.24) is 13.7 Å². The number of rotatable bonds is 4. The maximum atomic E-state index is 11.6. The van der Waals surface area contributed by atoms with Gasteiger partial charge >= 0.3 is 5.69 Å². The van der Waals surface area contributed by atoms with Gasteiger partial charge in [-0.25, -0.2) is 4.98 Å². The molecule has 0 radical (unpaired) electrons. The average Bonchev–Trinajstić information content (AvgIpc) is 3.23. The quantitative estimate of drug-likeness (QED) is 0.357. The van der Waals surface area contributed by atoms with Crippen LogP contribution in [0, 0.1) is 17.0 Å². The second-order valence-corrected chi connectivity index (χ2v) is 7.51. The maximum Gasteiger partial charge on any atom is 0.340 e. The van der Waals surface area contributed by atoms with Crippen molar-refractivity contribution >= 4 is 45.2 Å². The lowest BCUT2D eigenvalue weighted by Gasteiger charge is -2.28. The minimum atomic E-state index is -0.485. The number of ether oxygens (including phenoxy) is 2. The molecule has 4 aromatic rings. The summed E-state index contributed by atoms with van der Waals surface area (Å²) >= 11 is 0.936. The molecule has 0 unspecified atom stereocenters. The second-order valence-electron chi connectivity index (χ2n) is 6.98. The van der Waals surface area contributed by atoms with Crippen LogP contribution in [-0.2, 0) is 4.74 Å². The molecule has 0 amide bonds. The summed E-state index contributed by atoms with van der Waals surface area (Å²) in [7, 11) is 0. The lowest BCUT2D eigenvalue weighted by molar-refractivity contribution is -0.384.